The van der Waals surface area contributed by atoms with E-state index < -0.39 is 18.2 Å². The molecular formula is C44H51N3O7. The molecule has 1 heterocycles. The first-order valence-electron chi connectivity index (χ1n) is 18.2. The maximum atomic E-state index is 15.1. The molecule has 3 atom stereocenters. The van der Waals surface area contributed by atoms with Crippen LogP contribution < -0.4 is 14.4 Å². The zero-order valence-electron chi connectivity index (χ0n) is 32.0. The highest BCUT2D eigenvalue weighted by Gasteiger charge is 2.37. The van der Waals surface area contributed by atoms with Gasteiger partial charge in [0, 0.05) is 63.5 Å². The van der Waals surface area contributed by atoms with Crippen molar-refractivity contribution in [2.45, 2.75) is 38.5 Å². The van der Waals surface area contributed by atoms with Crippen LogP contribution in [0.2, 0.25) is 0 Å². The van der Waals surface area contributed by atoms with Gasteiger partial charge in [0.2, 0.25) is 5.91 Å². The summed E-state index contributed by atoms with van der Waals surface area (Å²) < 4.78 is 23.0. The number of anilines is 1. The number of fused-ring (bicyclic) bond motifs is 1. The summed E-state index contributed by atoms with van der Waals surface area (Å²) in [6.45, 7) is 5.01. The standard InChI is InChI=1S/C44H51N3O7/c1-31(2)29-45-30-40(53-5)41(54-6)37-16-10-11-17-38(37)46(42(48)33-18-22-35(51-3)23-19-33)26-12-13-27-47(43(49)34-20-24-36(52-4)25-21-34)39(44(45)50)28-32-14-8-7-9-15-32/h7-25,31,39-41H,26-30H2,1-6H3/b13-12+/t39-,40-,41-/m0/s1. The fourth-order valence-electron chi connectivity index (χ4n) is 6.84. The highest BCUT2D eigenvalue weighted by Crippen LogP contribution is 2.34. The van der Waals surface area contributed by atoms with E-state index in [4.69, 9.17) is 18.9 Å². The summed E-state index contributed by atoms with van der Waals surface area (Å²) in [7, 11) is 6.36. The molecule has 0 radical (unpaired) electrons. The molecule has 10 nitrogen and oxygen atoms in total. The van der Waals surface area contributed by atoms with Crippen molar-refractivity contribution >= 4 is 23.4 Å². The third-order valence-corrected chi connectivity index (χ3v) is 9.60. The second-order valence-electron chi connectivity index (χ2n) is 13.6. The van der Waals surface area contributed by atoms with Crippen molar-refractivity contribution in [3.63, 3.8) is 0 Å². The van der Waals surface area contributed by atoms with Gasteiger partial charge in [-0.15, -0.1) is 0 Å². The van der Waals surface area contributed by atoms with Gasteiger partial charge >= 0.3 is 0 Å². The lowest BCUT2D eigenvalue weighted by Gasteiger charge is -2.38. The van der Waals surface area contributed by atoms with Crippen molar-refractivity contribution in [2.75, 3.05) is 59.5 Å². The summed E-state index contributed by atoms with van der Waals surface area (Å²) in [4.78, 5) is 49.2. The monoisotopic (exact) mass is 733 g/mol. The van der Waals surface area contributed by atoms with Crippen molar-refractivity contribution in [3.05, 3.63) is 138 Å². The highest BCUT2D eigenvalue weighted by molar-refractivity contribution is 6.07. The molecule has 1 aliphatic rings. The van der Waals surface area contributed by atoms with Gasteiger partial charge in [-0.2, -0.15) is 0 Å². The first-order valence-corrected chi connectivity index (χ1v) is 18.2. The SMILES string of the molecule is COc1ccc(C(=O)N2C/C=C/CN(C(=O)c3ccc(OC)cc3)[C@@H](Cc3ccccc3)C(=O)N(CC(C)C)C[C@H](OC)[C@@H](OC)c3ccccc32)cc1. The Bertz CT molecular complexity index is 1860. The second kappa shape index (κ2) is 19.0. The van der Waals surface area contributed by atoms with Crippen molar-refractivity contribution < 1.29 is 33.3 Å². The van der Waals surface area contributed by atoms with Crippen LogP contribution in [0.3, 0.4) is 0 Å². The highest BCUT2D eigenvalue weighted by atomic mass is 16.5. The lowest BCUT2D eigenvalue weighted by atomic mass is 9.98. The number of para-hydroxylation sites is 1. The minimum Gasteiger partial charge on any atom is -0.497 e. The summed E-state index contributed by atoms with van der Waals surface area (Å²) in [5.41, 5.74) is 3.20. The maximum absolute atomic E-state index is 15.1. The molecule has 284 valence electrons. The van der Waals surface area contributed by atoms with Gasteiger partial charge in [-0.25, -0.2) is 0 Å². The Kier molecular flexibility index (Phi) is 14.0. The molecule has 0 aromatic heterocycles. The van der Waals surface area contributed by atoms with Crippen LogP contribution in [0.5, 0.6) is 11.5 Å². The summed E-state index contributed by atoms with van der Waals surface area (Å²) in [5, 5.41) is 0. The Morgan fingerprint density at radius 1 is 0.704 bits per heavy atom. The van der Waals surface area contributed by atoms with Crippen LogP contribution in [0.15, 0.2) is 115 Å². The van der Waals surface area contributed by atoms with E-state index in [1.54, 1.807) is 91.7 Å². The van der Waals surface area contributed by atoms with Crippen molar-refractivity contribution in [1.82, 2.24) is 9.80 Å². The van der Waals surface area contributed by atoms with Gasteiger partial charge in [0.15, 0.2) is 0 Å². The fourth-order valence-corrected chi connectivity index (χ4v) is 6.84. The predicted octanol–water partition coefficient (Wildman–Crippen LogP) is 6.86. The van der Waals surface area contributed by atoms with Gasteiger partial charge in [0.1, 0.15) is 29.7 Å². The summed E-state index contributed by atoms with van der Waals surface area (Å²) in [6.07, 6.45) is 2.73. The van der Waals surface area contributed by atoms with E-state index in [2.05, 4.69) is 13.8 Å². The average molecular weight is 734 g/mol. The maximum Gasteiger partial charge on any atom is 0.258 e. The Morgan fingerprint density at radius 3 is 1.85 bits per heavy atom. The first-order chi connectivity index (χ1) is 26.2. The molecule has 0 fully saturated rings. The molecule has 4 aromatic rings. The number of nitrogens with zero attached hydrogens (tertiary/aromatic N) is 3. The van der Waals surface area contributed by atoms with E-state index in [0.717, 1.165) is 11.1 Å². The molecule has 0 saturated heterocycles. The zero-order valence-corrected chi connectivity index (χ0v) is 32.0. The van der Waals surface area contributed by atoms with Crippen LogP contribution in [-0.2, 0) is 20.7 Å². The number of benzene rings is 4. The molecule has 5 rings (SSSR count). The van der Waals surface area contributed by atoms with E-state index in [9.17, 15) is 9.59 Å². The van der Waals surface area contributed by atoms with E-state index in [-0.39, 0.29) is 43.3 Å². The van der Waals surface area contributed by atoms with E-state index >= 15 is 4.79 Å². The molecule has 0 aliphatic carbocycles. The van der Waals surface area contributed by atoms with Crippen LogP contribution >= 0.6 is 0 Å². The number of rotatable bonds is 10. The molecule has 1 aliphatic heterocycles. The lowest BCUT2D eigenvalue weighted by Crippen LogP contribution is -2.54. The van der Waals surface area contributed by atoms with Gasteiger partial charge in [-0.05, 0) is 66.1 Å². The van der Waals surface area contributed by atoms with Gasteiger partial charge in [-0.3, -0.25) is 14.4 Å². The quantitative estimate of drug-likeness (QED) is 0.164. The van der Waals surface area contributed by atoms with Crippen LogP contribution in [0, 0.1) is 5.92 Å². The second-order valence-corrected chi connectivity index (χ2v) is 13.6. The van der Waals surface area contributed by atoms with Crippen molar-refractivity contribution in [2.24, 2.45) is 5.92 Å². The van der Waals surface area contributed by atoms with Crippen molar-refractivity contribution in [1.29, 1.82) is 0 Å². The average Bonchev–Trinajstić information content (AvgIpc) is 3.20. The molecule has 54 heavy (non-hydrogen) atoms. The molecule has 3 amide bonds. The van der Waals surface area contributed by atoms with Gasteiger partial charge in [-0.1, -0.05) is 74.5 Å². The minimum absolute atomic E-state index is 0.110. The number of amides is 3. The topological polar surface area (TPSA) is 97.9 Å². The summed E-state index contributed by atoms with van der Waals surface area (Å²) in [6, 6.07) is 30.4. The Balaban J connectivity index is 1.67. The number of hydrogen-bond donors (Lipinski definition) is 0. The third kappa shape index (κ3) is 9.55. The van der Waals surface area contributed by atoms with Gasteiger partial charge < -0.3 is 33.6 Å². The molecular weight excluding hydrogens is 682 g/mol. The van der Waals surface area contributed by atoms with Crippen LogP contribution in [0.1, 0.15) is 51.8 Å². The molecule has 0 unspecified atom stereocenters. The lowest BCUT2D eigenvalue weighted by molar-refractivity contribution is -0.140. The normalized spacial score (nSPS) is 18.8. The molecule has 0 saturated carbocycles. The molecule has 0 spiro atoms. The number of ether oxygens (including phenoxy) is 4. The summed E-state index contributed by atoms with van der Waals surface area (Å²) in [5.74, 6) is 0.647. The van der Waals surface area contributed by atoms with E-state index in [0.29, 0.717) is 41.3 Å². The molecule has 0 N–H and O–H groups in total. The van der Waals surface area contributed by atoms with Crippen molar-refractivity contribution in [3.8, 4) is 11.5 Å². The number of carbonyl (C=O) groups excluding carboxylic acids is 3. The molecule has 0 bridgehead atoms. The largest absolute Gasteiger partial charge is 0.497 e. The van der Waals surface area contributed by atoms with Crippen LogP contribution in [-0.4, -0.2) is 94.3 Å². The Hall–Kier alpha value is -5.45. The first kappa shape index (κ1) is 39.8. The Morgan fingerprint density at radius 2 is 1.28 bits per heavy atom. The van der Waals surface area contributed by atoms with Gasteiger partial charge in [0.05, 0.1) is 19.9 Å². The molecule has 4 aromatic carbocycles. The number of methoxy groups -OCH3 is 4. The third-order valence-electron chi connectivity index (χ3n) is 9.60. The van der Waals surface area contributed by atoms with E-state index in [1.807, 2.05) is 66.7 Å². The fraction of sp³-hybridized carbons (Fsp3) is 0.341. The minimum atomic E-state index is -0.865. The van der Waals surface area contributed by atoms with Gasteiger partial charge in [0.25, 0.3) is 11.8 Å². The smallest absolute Gasteiger partial charge is 0.258 e. The Labute approximate surface area is 318 Å². The van der Waals surface area contributed by atoms with E-state index in [1.165, 1.54) is 0 Å². The van der Waals surface area contributed by atoms with Crippen LogP contribution in [0.4, 0.5) is 5.69 Å². The zero-order chi connectivity index (χ0) is 38.6. The molecule has 10 heteroatoms. The number of carbonyl (C=O) groups is 3. The number of hydrogen-bond acceptors (Lipinski definition) is 7. The van der Waals surface area contributed by atoms with Crippen LogP contribution in [0.25, 0.3) is 0 Å². The summed E-state index contributed by atoms with van der Waals surface area (Å²) >= 11 is 0. The predicted molar refractivity (Wildman–Crippen MR) is 210 cm³/mol.